The molecule has 3 nitrogen and oxygen atoms in total. The Bertz CT molecular complexity index is 470. The van der Waals surface area contributed by atoms with Crippen LogP contribution >= 0.6 is 0 Å². The van der Waals surface area contributed by atoms with Crippen LogP contribution in [0.1, 0.15) is 42.6 Å². The first-order valence-corrected chi connectivity index (χ1v) is 7.14. The Kier molecular flexibility index (Phi) is 4.13. The number of rotatable bonds is 2. The van der Waals surface area contributed by atoms with Crippen molar-refractivity contribution in [1.82, 2.24) is 4.90 Å². The molecule has 0 aliphatic carbocycles. The predicted octanol–water partition coefficient (Wildman–Crippen LogP) is 3.30. The summed E-state index contributed by atoms with van der Waals surface area (Å²) in [5.74, 6) is 0.743. The molecule has 1 aromatic rings. The van der Waals surface area contributed by atoms with Gasteiger partial charge in [-0.2, -0.15) is 0 Å². The summed E-state index contributed by atoms with van der Waals surface area (Å²) in [5.41, 5.74) is 2.84. The van der Waals surface area contributed by atoms with Gasteiger partial charge in [0.15, 0.2) is 0 Å². The molecule has 3 heteroatoms. The van der Waals surface area contributed by atoms with E-state index >= 15 is 0 Å². The third-order valence-electron chi connectivity index (χ3n) is 4.31. The van der Waals surface area contributed by atoms with Crippen molar-refractivity contribution in [3.05, 3.63) is 29.3 Å². The van der Waals surface area contributed by atoms with Gasteiger partial charge in [-0.15, -0.1) is 0 Å². The molecular weight excluding hydrogens is 236 g/mol. The maximum atomic E-state index is 12.8. The van der Waals surface area contributed by atoms with Crippen LogP contribution in [0.3, 0.4) is 0 Å². The van der Waals surface area contributed by atoms with Crippen molar-refractivity contribution in [2.75, 3.05) is 18.9 Å². The largest absolute Gasteiger partial charge is 0.387 e. The van der Waals surface area contributed by atoms with Crippen LogP contribution in [0.2, 0.25) is 0 Å². The summed E-state index contributed by atoms with van der Waals surface area (Å²) in [5, 5.41) is 3.12. The lowest BCUT2D eigenvalue weighted by atomic mass is 9.91. The van der Waals surface area contributed by atoms with Crippen LogP contribution in [0.15, 0.2) is 18.2 Å². The van der Waals surface area contributed by atoms with Gasteiger partial charge in [0.05, 0.1) is 5.56 Å². The molecule has 0 bridgehead atoms. The zero-order valence-corrected chi connectivity index (χ0v) is 12.4. The maximum absolute atomic E-state index is 12.8. The molecular formula is C16H24N2O. The van der Waals surface area contributed by atoms with Gasteiger partial charge in [0, 0.05) is 25.3 Å². The van der Waals surface area contributed by atoms with E-state index in [0.29, 0.717) is 12.0 Å². The molecule has 1 amide bonds. The van der Waals surface area contributed by atoms with Gasteiger partial charge >= 0.3 is 0 Å². The molecule has 0 radical (unpaired) electrons. The fourth-order valence-corrected chi connectivity index (χ4v) is 2.83. The molecule has 1 aliphatic heterocycles. The molecule has 1 aromatic carbocycles. The second-order valence-corrected chi connectivity index (χ2v) is 5.66. The van der Waals surface area contributed by atoms with Crippen molar-refractivity contribution in [2.24, 2.45) is 5.92 Å². The van der Waals surface area contributed by atoms with Crippen LogP contribution in [0.4, 0.5) is 5.69 Å². The average Bonchev–Trinajstić information content (AvgIpc) is 2.41. The molecule has 1 saturated heterocycles. The van der Waals surface area contributed by atoms with Crippen molar-refractivity contribution >= 4 is 11.6 Å². The molecule has 1 fully saturated rings. The number of aryl methyl sites for hydroxylation is 1. The van der Waals surface area contributed by atoms with Crippen molar-refractivity contribution in [3.8, 4) is 0 Å². The van der Waals surface area contributed by atoms with E-state index in [0.717, 1.165) is 29.8 Å². The van der Waals surface area contributed by atoms with E-state index in [2.05, 4.69) is 19.2 Å². The van der Waals surface area contributed by atoms with Crippen LogP contribution in [-0.2, 0) is 0 Å². The highest BCUT2D eigenvalue weighted by atomic mass is 16.2. The fourth-order valence-electron chi connectivity index (χ4n) is 2.83. The topological polar surface area (TPSA) is 32.3 Å². The zero-order chi connectivity index (χ0) is 14.0. The molecule has 0 aromatic heterocycles. The summed E-state index contributed by atoms with van der Waals surface area (Å²) < 4.78 is 0. The third kappa shape index (κ3) is 2.75. The first-order valence-electron chi connectivity index (χ1n) is 7.14. The van der Waals surface area contributed by atoms with Gasteiger partial charge in [0.2, 0.25) is 0 Å². The number of carbonyl (C=O) groups excluding carboxylic acids is 1. The Labute approximate surface area is 116 Å². The predicted molar refractivity (Wildman–Crippen MR) is 79.6 cm³/mol. The molecule has 104 valence electrons. The Morgan fingerprint density at radius 1 is 1.37 bits per heavy atom. The second kappa shape index (κ2) is 5.64. The fraction of sp³-hybridized carbons (Fsp3) is 0.562. The number of carbonyl (C=O) groups is 1. The summed E-state index contributed by atoms with van der Waals surface area (Å²) in [4.78, 5) is 14.8. The number of benzene rings is 1. The van der Waals surface area contributed by atoms with Crippen molar-refractivity contribution in [3.63, 3.8) is 0 Å². The lowest BCUT2D eigenvalue weighted by Crippen LogP contribution is -2.46. The summed E-state index contributed by atoms with van der Waals surface area (Å²) >= 11 is 0. The number of likely N-dealkylation sites (tertiary alicyclic amines) is 1. The Balaban J connectivity index is 2.30. The van der Waals surface area contributed by atoms with Crippen molar-refractivity contribution in [2.45, 2.75) is 39.7 Å². The lowest BCUT2D eigenvalue weighted by Gasteiger charge is -2.38. The van der Waals surface area contributed by atoms with Gasteiger partial charge in [0.1, 0.15) is 0 Å². The average molecular weight is 260 g/mol. The molecule has 19 heavy (non-hydrogen) atoms. The SMILES string of the molecule is CNc1ccc(C)cc1C(=O)N1CCCC(C)C1C. The van der Waals surface area contributed by atoms with Gasteiger partial charge in [-0.3, -0.25) is 4.79 Å². The summed E-state index contributed by atoms with van der Waals surface area (Å²) in [6.45, 7) is 7.30. The molecule has 1 aliphatic rings. The van der Waals surface area contributed by atoms with Crippen molar-refractivity contribution < 1.29 is 4.79 Å². The van der Waals surface area contributed by atoms with E-state index in [1.807, 2.05) is 37.1 Å². The van der Waals surface area contributed by atoms with E-state index in [-0.39, 0.29) is 5.91 Å². The smallest absolute Gasteiger partial charge is 0.256 e. The minimum Gasteiger partial charge on any atom is -0.387 e. The number of hydrogen-bond donors (Lipinski definition) is 1. The number of piperidine rings is 1. The number of hydrogen-bond acceptors (Lipinski definition) is 2. The summed E-state index contributed by atoms with van der Waals surface area (Å²) in [6, 6.07) is 6.33. The highest BCUT2D eigenvalue weighted by Crippen LogP contribution is 2.27. The Morgan fingerprint density at radius 2 is 2.11 bits per heavy atom. The molecule has 2 rings (SSSR count). The molecule has 0 saturated carbocycles. The van der Waals surface area contributed by atoms with Crippen LogP contribution in [-0.4, -0.2) is 30.4 Å². The van der Waals surface area contributed by atoms with Crippen molar-refractivity contribution in [1.29, 1.82) is 0 Å². The number of nitrogens with one attached hydrogen (secondary N) is 1. The number of anilines is 1. The Morgan fingerprint density at radius 3 is 2.79 bits per heavy atom. The van der Waals surface area contributed by atoms with E-state index in [1.165, 1.54) is 6.42 Å². The minimum atomic E-state index is 0.159. The number of nitrogens with zero attached hydrogens (tertiary/aromatic N) is 1. The molecule has 2 unspecified atom stereocenters. The van der Waals surface area contributed by atoms with Crippen LogP contribution in [0, 0.1) is 12.8 Å². The highest BCUT2D eigenvalue weighted by Gasteiger charge is 2.29. The monoisotopic (exact) mass is 260 g/mol. The minimum absolute atomic E-state index is 0.159. The molecule has 1 heterocycles. The first-order chi connectivity index (χ1) is 9.04. The second-order valence-electron chi connectivity index (χ2n) is 5.66. The summed E-state index contributed by atoms with van der Waals surface area (Å²) in [6.07, 6.45) is 2.33. The van der Waals surface area contributed by atoms with Gasteiger partial charge in [-0.1, -0.05) is 18.6 Å². The Hall–Kier alpha value is -1.51. The quantitative estimate of drug-likeness (QED) is 0.885. The first kappa shape index (κ1) is 13.9. The summed E-state index contributed by atoms with van der Waals surface area (Å²) in [7, 11) is 1.86. The van der Waals surface area contributed by atoms with Crippen LogP contribution in [0.25, 0.3) is 0 Å². The van der Waals surface area contributed by atoms with E-state index < -0.39 is 0 Å². The van der Waals surface area contributed by atoms with E-state index in [4.69, 9.17) is 0 Å². The molecule has 0 spiro atoms. The van der Waals surface area contributed by atoms with Gasteiger partial charge in [-0.25, -0.2) is 0 Å². The standard InChI is InChI=1S/C16H24N2O/c1-11-7-8-15(17-4)14(10-11)16(19)18-9-5-6-12(2)13(18)3/h7-8,10,12-13,17H,5-6,9H2,1-4H3. The molecule has 1 N–H and O–H groups in total. The van der Waals surface area contributed by atoms with Gasteiger partial charge in [0.25, 0.3) is 5.91 Å². The highest BCUT2D eigenvalue weighted by molar-refractivity contribution is 6.00. The third-order valence-corrected chi connectivity index (χ3v) is 4.31. The van der Waals surface area contributed by atoms with Crippen LogP contribution in [0.5, 0.6) is 0 Å². The van der Waals surface area contributed by atoms with Gasteiger partial charge < -0.3 is 10.2 Å². The lowest BCUT2D eigenvalue weighted by molar-refractivity contribution is 0.0552. The zero-order valence-electron chi connectivity index (χ0n) is 12.4. The van der Waals surface area contributed by atoms with E-state index in [9.17, 15) is 4.79 Å². The van der Waals surface area contributed by atoms with Crippen LogP contribution < -0.4 is 5.32 Å². The van der Waals surface area contributed by atoms with E-state index in [1.54, 1.807) is 0 Å². The van der Waals surface area contributed by atoms with Gasteiger partial charge in [-0.05, 0) is 44.7 Å². The normalized spacial score (nSPS) is 23.3. The molecule has 2 atom stereocenters. The number of amides is 1. The maximum Gasteiger partial charge on any atom is 0.256 e.